The number of hydrogen-bond donors (Lipinski definition) is 2. The zero-order chi connectivity index (χ0) is 18.3. The van der Waals surface area contributed by atoms with Crippen molar-refractivity contribution >= 4 is 11.4 Å². The Morgan fingerprint density at radius 2 is 1.58 bits per heavy atom. The third kappa shape index (κ3) is 1.91. The van der Waals surface area contributed by atoms with E-state index in [0.717, 1.165) is 18.3 Å². The summed E-state index contributed by atoms with van der Waals surface area (Å²) in [5.74, 6) is 2.77. The molecule has 3 saturated carbocycles. The predicted octanol–water partition coefficient (Wildman–Crippen LogP) is 5.25. The second-order valence-corrected chi connectivity index (χ2v) is 10.5. The fraction of sp³-hybridized carbons (Fsp3) is 0.818. The Bertz CT molecular complexity index is 734. The highest BCUT2D eigenvalue weighted by molar-refractivity contribution is 6.50. The van der Waals surface area contributed by atoms with E-state index in [4.69, 9.17) is 0 Å². The Kier molecular flexibility index (Phi) is 3.47. The molecule has 0 aliphatic heterocycles. The first-order valence-electron chi connectivity index (χ1n) is 10.6. The van der Waals surface area contributed by atoms with E-state index >= 15 is 0 Å². The third-order valence-electron chi connectivity index (χ3n) is 9.35. The van der Waals surface area contributed by atoms with Crippen LogP contribution in [0.4, 0.5) is 0 Å². The summed E-state index contributed by atoms with van der Waals surface area (Å²) in [6.07, 6.45) is 10.1. The van der Waals surface area contributed by atoms with Crippen LogP contribution in [0.5, 0.6) is 0 Å². The first-order valence-corrected chi connectivity index (χ1v) is 10.6. The van der Waals surface area contributed by atoms with Gasteiger partial charge in [-0.1, -0.05) is 42.2 Å². The van der Waals surface area contributed by atoms with Crippen LogP contribution in [0.2, 0.25) is 0 Å². The van der Waals surface area contributed by atoms with Gasteiger partial charge in [0.25, 0.3) is 0 Å². The van der Waals surface area contributed by atoms with Crippen LogP contribution in [0.15, 0.2) is 21.5 Å². The molecule has 0 saturated heterocycles. The molecule has 6 unspecified atom stereocenters. The Balaban J connectivity index is 1.49. The number of rotatable bonds is 0. The zero-order valence-electron chi connectivity index (χ0n) is 16.3. The quantitative estimate of drug-likeness (QED) is 0.354. The molecule has 26 heavy (non-hydrogen) atoms. The van der Waals surface area contributed by atoms with Crippen LogP contribution in [0.3, 0.4) is 0 Å². The van der Waals surface area contributed by atoms with Crippen molar-refractivity contribution in [3.8, 4) is 0 Å². The van der Waals surface area contributed by atoms with Crippen molar-refractivity contribution in [3.63, 3.8) is 0 Å². The molecule has 5 rings (SSSR count). The molecule has 0 aromatic rings. The lowest BCUT2D eigenvalue weighted by Gasteiger charge is -2.62. The monoisotopic (exact) mass is 356 g/mol. The van der Waals surface area contributed by atoms with Crippen LogP contribution in [0.1, 0.15) is 72.1 Å². The van der Waals surface area contributed by atoms with Gasteiger partial charge in [-0.2, -0.15) is 0 Å². The molecule has 5 aliphatic rings. The van der Waals surface area contributed by atoms with Gasteiger partial charge in [0.1, 0.15) is 11.4 Å². The predicted molar refractivity (Wildman–Crippen MR) is 102 cm³/mol. The second-order valence-electron chi connectivity index (χ2n) is 10.5. The molecule has 0 heterocycles. The molecular formula is C22H32N2O2. The summed E-state index contributed by atoms with van der Waals surface area (Å²) in [6, 6.07) is 0. The molecule has 5 aliphatic carbocycles. The molecule has 3 fully saturated rings. The van der Waals surface area contributed by atoms with Crippen LogP contribution in [0.25, 0.3) is 0 Å². The molecule has 4 heteroatoms. The molecule has 142 valence electrons. The molecule has 0 amide bonds. The standard InChI is InChI=1S/C22H32N2O2/c1-21(2)10-8-13-12-4-5-17-18-14(19(23-25)20(18)24-26)9-11-22(17,3)16(12)7-6-15(13)21/h12,14,16-18,25-26H,4-11H2,1-3H3/b23-19-,24-20-. The van der Waals surface area contributed by atoms with Crippen LogP contribution in [0, 0.1) is 40.4 Å². The summed E-state index contributed by atoms with van der Waals surface area (Å²) in [5, 5.41) is 25.8. The fourth-order valence-corrected chi connectivity index (χ4v) is 8.05. The van der Waals surface area contributed by atoms with Gasteiger partial charge in [0.2, 0.25) is 0 Å². The Morgan fingerprint density at radius 3 is 2.31 bits per heavy atom. The minimum atomic E-state index is 0.306. The minimum absolute atomic E-state index is 0.306. The maximum atomic E-state index is 9.50. The maximum absolute atomic E-state index is 9.50. The van der Waals surface area contributed by atoms with E-state index < -0.39 is 0 Å². The van der Waals surface area contributed by atoms with Crippen molar-refractivity contribution in [2.45, 2.75) is 72.1 Å². The molecule has 4 nitrogen and oxygen atoms in total. The van der Waals surface area contributed by atoms with E-state index in [9.17, 15) is 10.4 Å². The molecule has 2 N–H and O–H groups in total. The fourth-order valence-electron chi connectivity index (χ4n) is 8.05. The van der Waals surface area contributed by atoms with E-state index in [2.05, 4.69) is 31.1 Å². The van der Waals surface area contributed by atoms with Gasteiger partial charge in [0, 0.05) is 11.8 Å². The SMILES string of the molecule is CC1(C)CCC2=C1CCC1C2CCC2C3C(=N/O)/C(=N\O)C3CCC12C. The number of allylic oxidation sites excluding steroid dienone is 2. The van der Waals surface area contributed by atoms with E-state index in [0.29, 0.717) is 40.0 Å². The lowest BCUT2D eigenvalue weighted by Crippen LogP contribution is -2.62. The number of oxime groups is 2. The average Bonchev–Trinajstić information content (AvgIpc) is 2.91. The topological polar surface area (TPSA) is 65.2 Å². The molecule has 0 aromatic heterocycles. The van der Waals surface area contributed by atoms with Crippen molar-refractivity contribution in [3.05, 3.63) is 11.1 Å². The van der Waals surface area contributed by atoms with E-state index in [1.807, 2.05) is 5.57 Å². The highest BCUT2D eigenvalue weighted by Crippen LogP contribution is 2.66. The summed E-state index contributed by atoms with van der Waals surface area (Å²) >= 11 is 0. The van der Waals surface area contributed by atoms with Gasteiger partial charge in [0.15, 0.2) is 0 Å². The average molecular weight is 357 g/mol. The first kappa shape index (κ1) is 16.8. The lowest BCUT2D eigenvalue weighted by molar-refractivity contribution is -0.0618. The van der Waals surface area contributed by atoms with Gasteiger partial charge in [-0.15, -0.1) is 0 Å². The lowest BCUT2D eigenvalue weighted by atomic mass is 9.42. The Morgan fingerprint density at radius 1 is 0.808 bits per heavy atom. The molecular weight excluding hydrogens is 324 g/mol. The van der Waals surface area contributed by atoms with Crippen molar-refractivity contribution in [2.75, 3.05) is 0 Å². The first-order chi connectivity index (χ1) is 12.4. The van der Waals surface area contributed by atoms with Crippen molar-refractivity contribution < 1.29 is 10.4 Å². The number of fused-ring (bicyclic) bond motifs is 6. The summed E-state index contributed by atoms with van der Waals surface area (Å²) in [7, 11) is 0. The van der Waals surface area contributed by atoms with E-state index in [-0.39, 0.29) is 0 Å². The molecule has 6 atom stereocenters. The second kappa shape index (κ2) is 5.36. The van der Waals surface area contributed by atoms with Gasteiger partial charge >= 0.3 is 0 Å². The maximum Gasteiger partial charge on any atom is 0.109 e. The van der Waals surface area contributed by atoms with Gasteiger partial charge in [0.05, 0.1) is 0 Å². The highest BCUT2D eigenvalue weighted by atomic mass is 16.4. The van der Waals surface area contributed by atoms with Gasteiger partial charge in [-0.05, 0) is 80.0 Å². The molecule has 0 bridgehead atoms. The van der Waals surface area contributed by atoms with E-state index in [1.165, 1.54) is 44.9 Å². The summed E-state index contributed by atoms with van der Waals surface area (Å²) in [6.45, 7) is 7.42. The van der Waals surface area contributed by atoms with Gasteiger partial charge in [-0.3, -0.25) is 0 Å². The molecule has 0 radical (unpaired) electrons. The van der Waals surface area contributed by atoms with Crippen LogP contribution >= 0.6 is 0 Å². The zero-order valence-corrected chi connectivity index (χ0v) is 16.3. The van der Waals surface area contributed by atoms with Gasteiger partial charge < -0.3 is 10.4 Å². The van der Waals surface area contributed by atoms with Crippen LogP contribution in [-0.4, -0.2) is 21.8 Å². The molecule has 0 spiro atoms. The van der Waals surface area contributed by atoms with Crippen LogP contribution in [-0.2, 0) is 0 Å². The van der Waals surface area contributed by atoms with Crippen molar-refractivity contribution in [1.29, 1.82) is 0 Å². The largest absolute Gasteiger partial charge is 0.411 e. The smallest absolute Gasteiger partial charge is 0.109 e. The Labute approximate surface area is 156 Å². The normalized spacial score (nSPS) is 49.3. The summed E-state index contributed by atoms with van der Waals surface area (Å²) < 4.78 is 0. The number of nitrogens with zero attached hydrogens (tertiary/aromatic N) is 2. The summed E-state index contributed by atoms with van der Waals surface area (Å²) in [5.41, 5.74) is 5.71. The minimum Gasteiger partial charge on any atom is -0.411 e. The Hall–Kier alpha value is -1.32. The number of hydrogen-bond acceptors (Lipinski definition) is 4. The van der Waals surface area contributed by atoms with Crippen molar-refractivity contribution in [2.24, 2.45) is 50.7 Å². The van der Waals surface area contributed by atoms with E-state index in [1.54, 1.807) is 5.57 Å². The highest BCUT2D eigenvalue weighted by Gasteiger charge is 2.62. The van der Waals surface area contributed by atoms with Crippen molar-refractivity contribution in [1.82, 2.24) is 0 Å². The summed E-state index contributed by atoms with van der Waals surface area (Å²) in [4.78, 5) is 0. The third-order valence-corrected chi connectivity index (χ3v) is 9.35. The van der Waals surface area contributed by atoms with Crippen LogP contribution < -0.4 is 0 Å². The van der Waals surface area contributed by atoms with Gasteiger partial charge in [-0.25, -0.2) is 0 Å². The molecule has 0 aromatic carbocycles.